The Kier molecular flexibility index (Phi) is 11.7. The van der Waals surface area contributed by atoms with Gasteiger partial charge >= 0.3 is 18.0 Å². The van der Waals surface area contributed by atoms with Crippen molar-refractivity contribution in [2.45, 2.75) is 96.2 Å². The van der Waals surface area contributed by atoms with Crippen LogP contribution in [0.3, 0.4) is 0 Å². The van der Waals surface area contributed by atoms with Crippen LogP contribution >= 0.6 is 0 Å². The fourth-order valence-corrected chi connectivity index (χ4v) is 4.76. The van der Waals surface area contributed by atoms with E-state index in [1.165, 1.54) is 27.0 Å². The van der Waals surface area contributed by atoms with Gasteiger partial charge in [-0.1, -0.05) is 42.5 Å². The molecule has 1 amide bonds. The summed E-state index contributed by atoms with van der Waals surface area (Å²) in [5, 5.41) is 0. The summed E-state index contributed by atoms with van der Waals surface area (Å²) in [6, 6.07) is 12.2. The van der Waals surface area contributed by atoms with Crippen LogP contribution in [0.5, 0.6) is 0 Å². The first-order chi connectivity index (χ1) is 20.1. The molecule has 2 aromatic rings. The average Bonchev–Trinajstić information content (AvgIpc) is 2.93. The minimum Gasteiger partial charge on any atom is -0.458 e. The summed E-state index contributed by atoms with van der Waals surface area (Å²) < 4.78 is 51.9. The SMILES string of the molecule is CN(C(=O)OC(C)(C)C)[C@@H](CC(C)(C)F)C(=O)OC(Cc1ccc(C2CCOCC2)c(F)c1)C(=O)OCc1ccccc1. The second kappa shape index (κ2) is 14.8. The Hall–Kier alpha value is -3.53. The van der Waals surface area contributed by atoms with Crippen molar-refractivity contribution in [3.05, 3.63) is 71.0 Å². The number of carbonyl (C=O) groups excluding carboxylic acids is 3. The van der Waals surface area contributed by atoms with E-state index in [1.807, 2.05) is 6.07 Å². The first-order valence-electron chi connectivity index (χ1n) is 14.5. The molecule has 8 nitrogen and oxygen atoms in total. The molecule has 3 rings (SSSR count). The monoisotopic (exact) mass is 603 g/mol. The first kappa shape index (κ1) is 34.0. The molecule has 1 fully saturated rings. The number of ether oxygens (including phenoxy) is 4. The van der Waals surface area contributed by atoms with E-state index in [0.29, 0.717) is 37.2 Å². The summed E-state index contributed by atoms with van der Waals surface area (Å²) in [4.78, 5) is 40.5. The van der Waals surface area contributed by atoms with Crippen LogP contribution in [0.15, 0.2) is 48.5 Å². The van der Waals surface area contributed by atoms with Crippen LogP contribution in [0.1, 0.15) is 76.5 Å². The lowest BCUT2D eigenvalue weighted by atomic mass is 9.90. The van der Waals surface area contributed by atoms with E-state index in [2.05, 4.69) is 0 Å². The van der Waals surface area contributed by atoms with Crippen molar-refractivity contribution >= 4 is 18.0 Å². The number of hydrogen-bond acceptors (Lipinski definition) is 7. The normalized spacial score (nSPS) is 15.7. The molecule has 10 heteroatoms. The maximum atomic E-state index is 15.2. The Balaban J connectivity index is 1.85. The second-order valence-corrected chi connectivity index (χ2v) is 12.5. The predicted molar refractivity (Wildman–Crippen MR) is 157 cm³/mol. The zero-order chi connectivity index (χ0) is 31.8. The van der Waals surface area contributed by atoms with Crippen LogP contribution in [0.4, 0.5) is 13.6 Å². The fourth-order valence-electron chi connectivity index (χ4n) is 4.76. The number of alkyl halides is 1. The quantitative estimate of drug-likeness (QED) is 0.220. The third kappa shape index (κ3) is 10.9. The van der Waals surface area contributed by atoms with E-state index in [0.717, 1.165) is 10.5 Å². The van der Waals surface area contributed by atoms with Crippen molar-refractivity contribution < 1.29 is 42.1 Å². The summed E-state index contributed by atoms with van der Waals surface area (Å²) in [5.74, 6) is -2.27. The minimum atomic E-state index is -1.87. The Morgan fingerprint density at radius 3 is 2.21 bits per heavy atom. The van der Waals surface area contributed by atoms with Gasteiger partial charge in [0.1, 0.15) is 29.7 Å². The van der Waals surface area contributed by atoms with Gasteiger partial charge in [0.25, 0.3) is 0 Å². The smallest absolute Gasteiger partial charge is 0.410 e. The largest absolute Gasteiger partial charge is 0.458 e. The van der Waals surface area contributed by atoms with Crippen molar-refractivity contribution in [3.8, 4) is 0 Å². The Morgan fingerprint density at radius 2 is 1.63 bits per heavy atom. The lowest BCUT2D eigenvalue weighted by Crippen LogP contribution is -2.49. The van der Waals surface area contributed by atoms with Gasteiger partial charge < -0.3 is 18.9 Å². The molecule has 0 aliphatic carbocycles. The van der Waals surface area contributed by atoms with Crippen molar-refractivity contribution in [3.63, 3.8) is 0 Å². The standard InChI is InChI=1S/C33H43F2NO7/c1-32(2,3)43-31(39)36(6)27(20-33(4,5)35)29(37)42-28(30(38)41-21-22-10-8-7-9-11-22)19-23-12-13-25(26(34)18-23)24-14-16-40-17-15-24/h7-13,18,24,27-28H,14-17,19-21H2,1-6H3/t27-,28?/m0/s1. The van der Waals surface area contributed by atoms with Gasteiger partial charge in [0.15, 0.2) is 0 Å². The second-order valence-electron chi connectivity index (χ2n) is 12.5. The highest BCUT2D eigenvalue weighted by atomic mass is 19.1. The van der Waals surface area contributed by atoms with Gasteiger partial charge in [-0.15, -0.1) is 0 Å². The highest BCUT2D eigenvalue weighted by Crippen LogP contribution is 2.30. The fraction of sp³-hybridized carbons (Fsp3) is 0.545. The molecule has 0 radical (unpaired) electrons. The van der Waals surface area contributed by atoms with E-state index in [4.69, 9.17) is 18.9 Å². The molecule has 0 saturated carbocycles. The number of benzene rings is 2. The summed E-state index contributed by atoms with van der Waals surface area (Å²) in [6.07, 6.45) is -1.53. The van der Waals surface area contributed by atoms with E-state index in [-0.39, 0.29) is 18.9 Å². The molecular formula is C33H43F2NO7. The number of carbonyl (C=O) groups is 3. The molecule has 0 N–H and O–H groups in total. The zero-order valence-electron chi connectivity index (χ0n) is 25.9. The van der Waals surface area contributed by atoms with Gasteiger partial charge in [0.2, 0.25) is 6.10 Å². The van der Waals surface area contributed by atoms with E-state index < -0.39 is 53.7 Å². The van der Waals surface area contributed by atoms with Crippen LogP contribution in [-0.2, 0) is 41.6 Å². The van der Waals surface area contributed by atoms with Crippen LogP contribution < -0.4 is 0 Å². The molecule has 1 heterocycles. The minimum absolute atomic E-state index is 0.0282. The highest BCUT2D eigenvalue weighted by Gasteiger charge is 2.38. The first-order valence-corrected chi connectivity index (χ1v) is 14.5. The maximum Gasteiger partial charge on any atom is 0.410 e. The molecule has 1 saturated heterocycles. The van der Waals surface area contributed by atoms with Gasteiger partial charge in [-0.3, -0.25) is 4.90 Å². The number of rotatable bonds is 11. The van der Waals surface area contributed by atoms with E-state index in [9.17, 15) is 18.8 Å². The number of nitrogens with zero attached hydrogens (tertiary/aromatic N) is 1. The number of amides is 1. The van der Waals surface area contributed by atoms with Crippen LogP contribution in [0, 0.1) is 5.82 Å². The van der Waals surface area contributed by atoms with Crippen molar-refractivity contribution in [1.82, 2.24) is 4.90 Å². The lowest BCUT2D eigenvalue weighted by Gasteiger charge is -2.32. The Labute approximate surface area is 252 Å². The average molecular weight is 604 g/mol. The molecule has 0 aromatic heterocycles. The lowest BCUT2D eigenvalue weighted by molar-refractivity contribution is -0.172. The van der Waals surface area contributed by atoms with E-state index in [1.54, 1.807) is 57.2 Å². The molecule has 1 aliphatic heterocycles. The Bertz CT molecular complexity index is 1230. The predicted octanol–water partition coefficient (Wildman–Crippen LogP) is 6.29. The molecule has 2 atom stereocenters. The third-order valence-corrected chi connectivity index (χ3v) is 6.99. The van der Waals surface area contributed by atoms with Gasteiger partial charge in [-0.2, -0.15) is 0 Å². The molecule has 43 heavy (non-hydrogen) atoms. The molecule has 236 valence electrons. The molecule has 2 aromatic carbocycles. The topological polar surface area (TPSA) is 91.4 Å². The molecule has 1 unspecified atom stereocenters. The van der Waals surface area contributed by atoms with Gasteiger partial charge in [0, 0.05) is 33.1 Å². The molecule has 0 spiro atoms. The van der Waals surface area contributed by atoms with Gasteiger partial charge in [0.05, 0.1) is 0 Å². The molecular weight excluding hydrogens is 560 g/mol. The van der Waals surface area contributed by atoms with Crippen molar-refractivity contribution in [2.75, 3.05) is 20.3 Å². The van der Waals surface area contributed by atoms with Crippen LogP contribution in [0.2, 0.25) is 0 Å². The Morgan fingerprint density at radius 1 is 0.977 bits per heavy atom. The number of hydrogen-bond donors (Lipinski definition) is 0. The highest BCUT2D eigenvalue weighted by molar-refractivity contribution is 5.85. The summed E-state index contributed by atoms with van der Waals surface area (Å²) in [6.45, 7) is 8.57. The van der Waals surface area contributed by atoms with Gasteiger partial charge in [-0.25, -0.2) is 23.2 Å². The van der Waals surface area contributed by atoms with Crippen molar-refractivity contribution in [2.24, 2.45) is 0 Å². The number of esters is 2. The van der Waals surface area contributed by atoms with E-state index >= 15 is 4.39 Å². The summed E-state index contributed by atoms with van der Waals surface area (Å²) in [7, 11) is 1.30. The zero-order valence-corrected chi connectivity index (χ0v) is 25.9. The number of halogens is 2. The van der Waals surface area contributed by atoms with Crippen molar-refractivity contribution in [1.29, 1.82) is 0 Å². The molecule has 0 bridgehead atoms. The van der Waals surface area contributed by atoms with Gasteiger partial charge in [-0.05, 0) is 76.1 Å². The maximum absolute atomic E-state index is 15.2. The van der Waals surface area contributed by atoms with Crippen LogP contribution in [-0.4, -0.2) is 66.6 Å². The summed E-state index contributed by atoms with van der Waals surface area (Å²) >= 11 is 0. The summed E-state index contributed by atoms with van der Waals surface area (Å²) in [5.41, 5.74) is -1.04. The molecule has 1 aliphatic rings. The third-order valence-electron chi connectivity index (χ3n) is 6.99. The number of likely N-dealkylation sites (N-methyl/N-ethyl adjacent to an activating group) is 1. The van der Waals surface area contributed by atoms with Crippen LogP contribution in [0.25, 0.3) is 0 Å².